The minimum Gasteiger partial charge on any atom is -0.355 e. The summed E-state index contributed by atoms with van der Waals surface area (Å²) in [6.07, 6.45) is 5.70. The van der Waals surface area contributed by atoms with Crippen LogP contribution in [0.1, 0.15) is 42.9 Å². The highest BCUT2D eigenvalue weighted by Crippen LogP contribution is 2.40. The Kier molecular flexibility index (Phi) is 2.87. The molecule has 2 aliphatic rings. The van der Waals surface area contributed by atoms with Crippen LogP contribution in [0.25, 0.3) is 16.7 Å². The number of hydrogen-bond donors (Lipinski definition) is 0. The molecule has 1 unspecified atom stereocenters. The van der Waals surface area contributed by atoms with Gasteiger partial charge in [-0.25, -0.2) is 4.98 Å². The van der Waals surface area contributed by atoms with Crippen LogP contribution in [0.3, 0.4) is 0 Å². The summed E-state index contributed by atoms with van der Waals surface area (Å²) in [6, 6.07) is 11.3. The minimum absolute atomic E-state index is 0.548. The lowest BCUT2D eigenvalue weighted by Crippen LogP contribution is -2.29. The highest BCUT2D eigenvalue weighted by atomic mass is 15.3. The van der Waals surface area contributed by atoms with Crippen molar-refractivity contribution in [3.8, 4) is 6.07 Å². The fourth-order valence-corrected chi connectivity index (χ4v) is 4.61. The molecule has 4 heteroatoms. The average molecular weight is 316 g/mol. The van der Waals surface area contributed by atoms with Gasteiger partial charge in [-0.05, 0) is 62.3 Å². The van der Waals surface area contributed by atoms with E-state index in [4.69, 9.17) is 4.98 Å². The maximum Gasteiger partial charge on any atom is 0.157 e. The molecule has 2 aromatic heterocycles. The standard InChI is InChI=1S/C20H20N4/c1-13-6-5-11-23(13)20-15-8-4-7-14(15)16(12-21)19-22-17-9-2-3-10-18(17)24(19)20/h2-3,9-10,13H,4-8,11H2,1H3. The van der Waals surface area contributed by atoms with Crippen LogP contribution in [-0.4, -0.2) is 22.0 Å². The quantitative estimate of drug-likeness (QED) is 0.685. The first-order valence-electron chi connectivity index (χ1n) is 8.91. The van der Waals surface area contributed by atoms with E-state index in [1.807, 2.05) is 12.1 Å². The van der Waals surface area contributed by atoms with Crippen molar-refractivity contribution < 1.29 is 0 Å². The Hall–Kier alpha value is -2.54. The average Bonchev–Trinajstić information content (AvgIpc) is 3.31. The molecular formula is C20H20N4. The molecule has 0 amide bonds. The Bertz CT molecular complexity index is 1010. The molecule has 3 heterocycles. The number of hydrogen-bond acceptors (Lipinski definition) is 3. The molecule has 1 saturated heterocycles. The molecule has 1 atom stereocenters. The molecule has 120 valence electrons. The van der Waals surface area contributed by atoms with Crippen LogP contribution in [0.5, 0.6) is 0 Å². The number of rotatable bonds is 1. The maximum absolute atomic E-state index is 9.82. The molecule has 0 saturated carbocycles. The smallest absolute Gasteiger partial charge is 0.157 e. The molecule has 0 N–H and O–H groups in total. The first-order chi connectivity index (χ1) is 11.8. The normalized spacial score (nSPS) is 20.0. The van der Waals surface area contributed by atoms with Crippen LogP contribution in [0.2, 0.25) is 0 Å². The topological polar surface area (TPSA) is 44.3 Å². The number of aromatic nitrogens is 2. The largest absolute Gasteiger partial charge is 0.355 e. The van der Waals surface area contributed by atoms with Gasteiger partial charge >= 0.3 is 0 Å². The molecule has 3 aromatic rings. The summed E-state index contributed by atoms with van der Waals surface area (Å²) in [7, 11) is 0. The zero-order valence-electron chi connectivity index (χ0n) is 13.9. The molecule has 24 heavy (non-hydrogen) atoms. The van der Waals surface area contributed by atoms with E-state index < -0.39 is 0 Å². The predicted octanol–water partition coefficient (Wildman–Crippen LogP) is 3.84. The SMILES string of the molecule is CC1CCCN1c1c2c(c(C#N)c3nc4ccccc4n13)CCC2. The van der Waals surface area contributed by atoms with E-state index in [0.717, 1.165) is 48.1 Å². The zero-order chi connectivity index (χ0) is 16.3. The van der Waals surface area contributed by atoms with Crippen molar-refractivity contribution in [2.75, 3.05) is 11.4 Å². The molecule has 5 rings (SSSR count). The number of imidazole rings is 1. The third-order valence-corrected chi connectivity index (χ3v) is 5.72. The van der Waals surface area contributed by atoms with E-state index in [9.17, 15) is 5.26 Å². The Balaban J connectivity index is 1.98. The van der Waals surface area contributed by atoms with Crippen molar-refractivity contribution in [2.24, 2.45) is 0 Å². The molecule has 0 radical (unpaired) electrons. The van der Waals surface area contributed by atoms with Gasteiger partial charge in [-0.1, -0.05) is 12.1 Å². The van der Waals surface area contributed by atoms with Crippen LogP contribution < -0.4 is 4.90 Å². The predicted molar refractivity (Wildman–Crippen MR) is 95.5 cm³/mol. The van der Waals surface area contributed by atoms with Crippen molar-refractivity contribution in [1.82, 2.24) is 9.38 Å². The fraction of sp³-hybridized carbons (Fsp3) is 0.400. The number of pyridine rings is 1. The molecule has 0 spiro atoms. The maximum atomic E-state index is 9.82. The number of para-hydroxylation sites is 2. The van der Waals surface area contributed by atoms with Gasteiger partial charge in [0.15, 0.2) is 5.65 Å². The summed E-state index contributed by atoms with van der Waals surface area (Å²) in [5.41, 5.74) is 6.35. The summed E-state index contributed by atoms with van der Waals surface area (Å²) in [5, 5.41) is 9.82. The zero-order valence-corrected chi connectivity index (χ0v) is 13.9. The first kappa shape index (κ1) is 13.9. The van der Waals surface area contributed by atoms with E-state index in [0.29, 0.717) is 6.04 Å². The van der Waals surface area contributed by atoms with Gasteiger partial charge < -0.3 is 4.90 Å². The van der Waals surface area contributed by atoms with Gasteiger partial charge in [0.1, 0.15) is 11.9 Å². The Morgan fingerprint density at radius 1 is 1.17 bits per heavy atom. The molecule has 1 aromatic carbocycles. The van der Waals surface area contributed by atoms with Crippen molar-refractivity contribution in [2.45, 2.75) is 45.1 Å². The van der Waals surface area contributed by atoms with E-state index in [1.54, 1.807) is 0 Å². The molecule has 4 nitrogen and oxygen atoms in total. The van der Waals surface area contributed by atoms with Crippen LogP contribution in [0.4, 0.5) is 5.82 Å². The third kappa shape index (κ3) is 1.70. The molecule has 1 aliphatic heterocycles. The summed E-state index contributed by atoms with van der Waals surface area (Å²) in [5.74, 6) is 1.30. The fourth-order valence-electron chi connectivity index (χ4n) is 4.61. The number of fused-ring (bicyclic) bond motifs is 4. The minimum atomic E-state index is 0.548. The lowest BCUT2D eigenvalue weighted by Gasteiger charge is -2.28. The summed E-state index contributed by atoms with van der Waals surface area (Å²) in [4.78, 5) is 7.38. The van der Waals surface area contributed by atoms with Crippen LogP contribution >= 0.6 is 0 Å². The summed E-state index contributed by atoms with van der Waals surface area (Å²) in [6.45, 7) is 3.42. The van der Waals surface area contributed by atoms with E-state index in [-0.39, 0.29) is 0 Å². The second-order valence-corrected chi connectivity index (χ2v) is 7.07. The Morgan fingerprint density at radius 2 is 2.00 bits per heavy atom. The van der Waals surface area contributed by atoms with Gasteiger partial charge in [-0.15, -0.1) is 0 Å². The number of nitrogens with zero attached hydrogens (tertiary/aromatic N) is 4. The van der Waals surface area contributed by atoms with E-state index in [1.165, 1.54) is 29.8 Å². The summed E-state index contributed by atoms with van der Waals surface area (Å²) >= 11 is 0. The highest BCUT2D eigenvalue weighted by Gasteiger charge is 2.31. The molecule has 1 fully saturated rings. The van der Waals surface area contributed by atoms with Crippen LogP contribution in [0, 0.1) is 11.3 Å². The van der Waals surface area contributed by atoms with Crippen molar-refractivity contribution in [3.63, 3.8) is 0 Å². The van der Waals surface area contributed by atoms with Crippen LogP contribution in [-0.2, 0) is 12.8 Å². The van der Waals surface area contributed by atoms with Gasteiger partial charge in [0, 0.05) is 12.6 Å². The van der Waals surface area contributed by atoms with Crippen molar-refractivity contribution in [1.29, 1.82) is 5.26 Å². The van der Waals surface area contributed by atoms with Crippen LogP contribution in [0.15, 0.2) is 24.3 Å². The number of benzene rings is 1. The second kappa shape index (κ2) is 4.98. The van der Waals surface area contributed by atoms with Gasteiger partial charge in [0.25, 0.3) is 0 Å². The lowest BCUT2D eigenvalue weighted by atomic mass is 10.0. The molecular weight excluding hydrogens is 296 g/mol. The van der Waals surface area contributed by atoms with Crippen molar-refractivity contribution in [3.05, 3.63) is 41.0 Å². The van der Waals surface area contributed by atoms with E-state index >= 15 is 0 Å². The first-order valence-corrected chi connectivity index (χ1v) is 8.91. The van der Waals surface area contributed by atoms with Gasteiger partial charge in [-0.2, -0.15) is 5.26 Å². The molecule has 1 aliphatic carbocycles. The monoisotopic (exact) mass is 316 g/mol. The van der Waals surface area contributed by atoms with Crippen molar-refractivity contribution >= 4 is 22.5 Å². The Labute approximate surface area is 141 Å². The Morgan fingerprint density at radius 3 is 2.79 bits per heavy atom. The van der Waals surface area contributed by atoms with E-state index in [2.05, 4.69) is 34.4 Å². The molecule has 0 bridgehead atoms. The number of nitriles is 1. The third-order valence-electron chi connectivity index (χ3n) is 5.72. The number of anilines is 1. The highest BCUT2D eigenvalue weighted by molar-refractivity contribution is 5.86. The van der Waals surface area contributed by atoms with Gasteiger partial charge in [0.2, 0.25) is 0 Å². The lowest BCUT2D eigenvalue weighted by molar-refractivity contribution is 0.720. The van der Waals surface area contributed by atoms with Gasteiger partial charge in [0.05, 0.1) is 16.6 Å². The van der Waals surface area contributed by atoms with Gasteiger partial charge in [-0.3, -0.25) is 4.40 Å². The summed E-state index contributed by atoms with van der Waals surface area (Å²) < 4.78 is 2.26. The second-order valence-electron chi connectivity index (χ2n) is 7.07.